The van der Waals surface area contributed by atoms with Gasteiger partial charge in [-0.3, -0.25) is 4.79 Å². The van der Waals surface area contributed by atoms with Crippen LogP contribution in [0.1, 0.15) is 0 Å². The van der Waals surface area contributed by atoms with Crippen LogP contribution in [0.15, 0.2) is 18.3 Å². The number of pyridine rings is 1. The summed E-state index contributed by atoms with van der Waals surface area (Å²) in [5, 5.41) is 2.81. The Bertz CT molecular complexity index is 301. The Morgan fingerprint density at radius 2 is 2.38 bits per heavy atom. The lowest BCUT2D eigenvalue weighted by atomic mass is 10.4. The standard InChI is InChI=1S/C7H11N5O/c8-6(13)4-11-5-1-2-10-7(3-5)12-9/h1-3H,4,9H2,(H2,8,13)(H2,10,11,12). The average Bonchev–Trinajstić information content (AvgIpc) is 2.15. The lowest BCUT2D eigenvalue weighted by Gasteiger charge is -2.04. The zero-order valence-electron chi connectivity index (χ0n) is 6.95. The summed E-state index contributed by atoms with van der Waals surface area (Å²) in [6, 6.07) is 3.38. The summed E-state index contributed by atoms with van der Waals surface area (Å²) in [5.74, 6) is 5.25. The third-order valence-corrected chi connectivity index (χ3v) is 1.37. The number of hydrazine groups is 1. The zero-order chi connectivity index (χ0) is 9.68. The van der Waals surface area contributed by atoms with Crippen molar-refractivity contribution >= 4 is 17.4 Å². The Hall–Kier alpha value is -1.82. The Labute approximate surface area is 75.3 Å². The van der Waals surface area contributed by atoms with Crippen molar-refractivity contribution in [1.29, 1.82) is 0 Å². The minimum atomic E-state index is -0.418. The van der Waals surface area contributed by atoms with E-state index in [-0.39, 0.29) is 6.54 Å². The van der Waals surface area contributed by atoms with Crippen LogP contribution in [-0.2, 0) is 4.79 Å². The molecule has 70 valence electrons. The average molecular weight is 181 g/mol. The van der Waals surface area contributed by atoms with Gasteiger partial charge < -0.3 is 16.5 Å². The Balaban J connectivity index is 2.61. The molecule has 0 spiro atoms. The van der Waals surface area contributed by atoms with Crippen molar-refractivity contribution in [3.63, 3.8) is 0 Å². The van der Waals surface area contributed by atoms with Gasteiger partial charge in [-0.2, -0.15) is 0 Å². The molecule has 1 aromatic rings. The maximum Gasteiger partial charge on any atom is 0.236 e. The van der Waals surface area contributed by atoms with E-state index in [0.717, 1.165) is 5.69 Å². The molecule has 0 aliphatic heterocycles. The molecule has 0 saturated heterocycles. The Kier molecular flexibility index (Phi) is 3.04. The predicted octanol–water partition coefficient (Wildman–Crippen LogP) is -0.736. The smallest absolute Gasteiger partial charge is 0.236 e. The van der Waals surface area contributed by atoms with Gasteiger partial charge >= 0.3 is 0 Å². The van der Waals surface area contributed by atoms with E-state index in [1.807, 2.05) is 0 Å². The molecule has 1 rings (SSSR count). The SMILES string of the molecule is NNc1cc(NCC(N)=O)ccn1. The summed E-state index contributed by atoms with van der Waals surface area (Å²) in [5.41, 5.74) is 8.08. The lowest BCUT2D eigenvalue weighted by Crippen LogP contribution is -2.21. The number of carbonyl (C=O) groups excluding carboxylic acids is 1. The van der Waals surface area contributed by atoms with Crippen LogP contribution in [0.5, 0.6) is 0 Å². The van der Waals surface area contributed by atoms with Gasteiger partial charge in [0.05, 0.1) is 6.54 Å². The van der Waals surface area contributed by atoms with Crippen molar-refractivity contribution in [3.05, 3.63) is 18.3 Å². The van der Waals surface area contributed by atoms with E-state index >= 15 is 0 Å². The number of rotatable bonds is 4. The number of anilines is 2. The molecule has 0 aliphatic rings. The molecule has 0 fully saturated rings. The van der Waals surface area contributed by atoms with E-state index in [9.17, 15) is 4.79 Å². The van der Waals surface area contributed by atoms with Crippen molar-refractivity contribution in [2.45, 2.75) is 0 Å². The molecule has 0 aromatic carbocycles. The molecule has 0 atom stereocenters. The van der Waals surface area contributed by atoms with E-state index in [1.165, 1.54) is 0 Å². The van der Waals surface area contributed by atoms with Gasteiger partial charge in [0.1, 0.15) is 5.82 Å². The first-order valence-corrected chi connectivity index (χ1v) is 3.67. The van der Waals surface area contributed by atoms with Crippen LogP contribution < -0.4 is 22.3 Å². The van der Waals surface area contributed by atoms with Gasteiger partial charge in [-0.25, -0.2) is 10.8 Å². The Morgan fingerprint density at radius 3 is 3.00 bits per heavy atom. The van der Waals surface area contributed by atoms with Crippen LogP contribution in [0, 0.1) is 0 Å². The summed E-state index contributed by atoms with van der Waals surface area (Å²) in [6.07, 6.45) is 1.57. The molecule has 6 N–H and O–H groups in total. The number of hydrogen-bond acceptors (Lipinski definition) is 5. The van der Waals surface area contributed by atoms with E-state index in [1.54, 1.807) is 18.3 Å². The van der Waals surface area contributed by atoms with Gasteiger partial charge in [-0.1, -0.05) is 0 Å². The van der Waals surface area contributed by atoms with Crippen LogP contribution in [0.3, 0.4) is 0 Å². The summed E-state index contributed by atoms with van der Waals surface area (Å²) in [6.45, 7) is 0.0913. The summed E-state index contributed by atoms with van der Waals surface area (Å²) in [4.78, 5) is 14.3. The highest BCUT2D eigenvalue weighted by atomic mass is 16.1. The number of nitrogens with two attached hydrogens (primary N) is 2. The molecule has 0 aliphatic carbocycles. The molecule has 13 heavy (non-hydrogen) atoms. The summed E-state index contributed by atoms with van der Waals surface area (Å²) in [7, 11) is 0. The van der Waals surface area contributed by atoms with Crippen LogP contribution in [0.4, 0.5) is 11.5 Å². The highest BCUT2D eigenvalue weighted by Crippen LogP contribution is 2.09. The molecule has 0 radical (unpaired) electrons. The number of amides is 1. The first kappa shape index (κ1) is 9.27. The molecule has 1 aromatic heterocycles. The molecular formula is C7H11N5O. The van der Waals surface area contributed by atoms with Crippen molar-refractivity contribution < 1.29 is 4.79 Å². The molecule has 6 heteroatoms. The van der Waals surface area contributed by atoms with Gasteiger partial charge in [-0.05, 0) is 6.07 Å². The third kappa shape index (κ3) is 2.96. The molecule has 0 saturated carbocycles. The molecular weight excluding hydrogens is 170 g/mol. The number of hydrogen-bond donors (Lipinski definition) is 4. The van der Waals surface area contributed by atoms with Crippen LogP contribution in [0.2, 0.25) is 0 Å². The second-order valence-electron chi connectivity index (χ2n) is 2.39. The maximum absolute atomic E-state index is 10.4. The van der Waals surface area contributed by atoms with Gasteiger partial charge in [0, 0.05) is 18.0 Å². The van der Waals surface area contributed by atoms with Crippen molar-refractivity contribution in [3.8, 4) is 0 Å². The molecule has 1 amide bonds. The van der Waals surface area contributed by atoms with E-state index in [0.29, 0.717) is 5.82 Å². The minimum Gasteiger partial charge on any atom is -0.376 e. The van der Waals surface area contributed by atoms with Gasteiger partial charge in [0.25, 0.3) is 0 Å². The maximum atomic E-state index is 10.4. The largest absolute Gasteiger partial charge is 0.376 e. The topological polar surface area (TPSA) is 106 Å². The normalized spacial score (nSPS) is 9.31. The fraction of sp³-hybridized carbons (Fsp3) is 0.143. The zero-order valence-corrected chi connectivity index (χ0v) is 6.95. The van der Waals surface area contributed by atoms with E-state index < -0.39 is 5.91 Å². The monoisotopic (exact) mass is 181 g/mol. The van der Waals surface area contributed by atoms with Crippen molar-refractivity contribution in [2.75, 3.05) is 17.3 Å². The van der Waals surface area contributed by atoms with Gasteiger partial charge in [0.2, 0.25) is 5.91 Å². The first-order valence-electron chi connectivity index (χ1n) is 3.67. The fourth-order valence-corrected chi connectivity index (χ4v) is 0.809. The molecule has 0 unspecified atom stereocenters. The summed E-state index contributed by atoms with van der Waals surface area (Å²) >= 11 is 0. The first-order chi connectivity index (χ1) is 6.22. The predicted molar refractivity (Wildman–Crippen MR) is 49.7 cm³/mol. The van der Waals surface area contributed by atoms with E-state index in [2.05, 4.69) is 15.7 Å². The minimum absolute atomic E-state index is 0.0913. The quantitative estimate of drug-likeness (QED) is 0.362. The molecule has 1 heterocycles. The third-order valence-electron chi connectivity index (χ3n) is 1.37. The van der Waals surface area contributed by atoms with E-state index in [4.69, 9.17) is 11.6 Å². The number of primary amides is 1. The number of nitrogens with zero attached hydrogens (tertiary/aromatic N) is 1. The Morgan fingerprint density at radius 1 is 1.62 bits per heavy atom. The second kappa shape index (κ2) is 4.27. The van der Waals surface area contributed by atoms with Gasteiger partial charge in [-0.15, -0.1) is 0 Å². The van der Waals surface area contributed by atoms with Crippen LogP contribution in [-0.4, -0.2) is 17.4 Å². The molecule has 6 nitrogen and oxygen atoms in total. The van der Waals surface area contributed by atoms with Crippen LogP contribution >= 0.6 is 0 Å². The highest BCUT2D eigenvalue weighted by Gasteiger charge is 1.96. The highest BCUT2D eigenvalue weighted by molar-refractivity contribution is 5.78. The van der Waals surface area contributed by atoms with Gasteiger partial charge in [0.15, 0.2) is 0 Å². The number of nitrogen functional groups attached to an aromatic ring is 1. The molecule has 0 bridgehead atoms. The fourth-order valence-electron chi connectivity index (χ4n) is 0.809. The second-order valence-corrected chi connectivity index (χ2v) is 2.39. The van der Waals surface area contributed by atoms with Crippen molar-refractivity contribution in [2.24, 2.45) is 11.6 Å². The number of carbonyl (C=O) groups is 1. The number of nitrogens with one attached hydrogen (secondary N) is 2. The van der Waals surface area contributed by atoms with Crippen LogP contribution in [0.25, 0.3) is 0 Å². The summed E-state index contributed by atoms with van der Waals surface area (Å²) < 4.78 is 0. The van der Waals surface area contributed by atoms with Crippen molar-refractivity contribution in [1.82, 2.24) is 4.98 Å². The number of aromatic nitrogens is 1. The lowest BCUT2D eigenvalue weighted by molar-refractivity contribution is -0.116.